The molecule has 1 aliphatic heterocycles. The molecule has 4 rings (SSSR count). The lowest BCUT2D eigenvalue weighted by Gasteiger charge is -2.33. The van der Waals surface area contributed by atoms with Crippen LogP contribution in [0, 0.1) is 0 Å². The molecular formula is C23H26N4O2. The third-order valence-electron chi connectivity index (χ3n) is 5.30. The fourth-order valence-corrected chi connectivity index (χ4v) is 3.85. The molecule has 1 unspecified atom stereocenters. The van der Waals surface area contributed by atoms with Gasteiger partial charge in [-0.2, -0.15) is 0 Å². The summed E-state index contributed by atoms with van der Waals surface area (Å²) in [6, 6.07) is 14.3. The molecule has 0 spiro atoms. The Balaban J connectivity index is 1.45. The Labute approximate surface area is 171 Å². The van der Waals surface area contributed by atoms with Crippen molar-refractivity contribution in [3.05, 3.63) is 60.4 Å². The van der Waals surface area contributed by atoms with Crippen molar-refractivity contribution < 1.29 is 9.53 Å². The number of rotatable bonds is 5. The fourth-order valence-electron chi connectivity index (χ4n) is 3.85. The summed E-state index contributed by atoms with van der Waals surface area (Å²) in [7, 11) is 3.83. The lowest BCUT2D eigenvalue weighted by Crippen LogP contribution is -2.45. The Kier molecular flexibility index (Phi) is 5.60. The Bertz CT molecular complexity index is 1000. The first-order chi connectivity index (χ1) is 14.1. The average molecular weight is 390 g/mol. The molecule has 1 aliphatic rings. The van der Waals surface area contributed by atoms with Crippen molar-refractivity contribution in [2.24, 2.45) is 0 Å². The van der Waals surface area contributed by atoms with Crippen LogP contribution in [0.25, 0.3) is 10.8 Å². The second kappa shape index (κ2) is 8.47. The van der Waals surface area contributed by atoms with E-state index in [1.807, 2.05) is 48.2 Å². The van der Waals surface area contributed by atoms with Crippen LogP contribution in [0.3, 0.4) is 0 Å². The molecule has 1 saturated heterocycles. The maximum absolute atomic E-state index is 13.0. The van der Waals surface area contributed by atoms with Gasteiger partial charge in [0.05, 0.1) is 13.0 Å². The van der Waals surface area contributed by atoms with Gasteiger partial charge in [0.25, 0.3) is 5.88 Å². The van der Waals surface area contributed by atoms with Crippen LogP contribution in [-0.4, -0.2) is 54.1 Å². The van der Waals surface area contributed by atoms with Crippen LogP contribution >= 0.6 is 0 Å². The second-order valence-corrected chi connectivity index (χ2v) is 7.62. The second-order valence-electron chi connectivity index (χ2n) is 7.62. The first kappa shape index (κ1) is 19.2. The van der Waals surface area contributed by atoms with Crippen molar-refractivity contribution in [3.8, 4) is 5.88 Å². The number of hydrogen-bond acceptors (Lipinski definition) is 5. The van der Waals surface area contributed by atoms with E-state index in [0.29, 0.717) is 24.7 Å². The Hall–Kier alpha value is -3.15. The molecule has 2 aromatic carbocycles. The predicted molar refractivity (Wildman–Crippen MR) is 114 cm³/mol. The standard InChI is InChI=1S/C23H26N4O2/c1-26(2)22-23(25-13-12-24-22)29-19-10-6-14-27(16-19)21(28)15-18-9-5-8-17-7-3-4-11-20(17)18/h3-5,7-9,11-13,19H,6,10,14-16H2,1-2H3. The lowest BCUT2D eigenvalue weighted by atomic mass is 10.0. The predicted octanol–water partition coefficient (Wildman–Crippen LogP) is 3.31. The molecule has 2 heterocycles. The van der Waals surface area contributed by atoms with Gasteiger partial charge in [-0.05, 0) is 29.2 Å². The van der Waals surface area contributed by atoms with Gasteiger partial charge in [-0.15, -0.1) is 0 Å². The highest BCUT2D eigenvalue weighted by atomic mass is 16.5. The van der Waals surface area contributed by atoms with E-state index in [1.54, 1.807) is 12.4 Å². The maximum atomic E-state index is 13.0. The number of likely N-dealkylation sites (tertiary alicyclic amines) is 1. The summed E-state index contributed by atoms with van der Waals surface area (Å²) >= 11 is 0. The number of carbonyl (C=O) groups excluding carboxylic acids is 1. The van der Waals surface area contributed by atoms with E-state index in [9.17, 15) is 4.79 Å². The molecule has 1 atom stereocenters. The number of anilines is 1. The number of aromatic nitrogens is 2. The zero-order valence-corrected chi connectivity index (χ0v) is 16.9. The van der Waals surface area contributed by atoms with E-state index < -0.39 is 0 Å². The molecule has 0 saturated carbocycles. The van der Waals surface area contributed by atoms with Crippen LogP contribution < -0.4 is 9.64 Å². The van der Waals surface area contributed by atoms with Gasteiger partial charge in [-0.1, -0.05) is 42.5 Å². The lowest BCUT2D eigenvalue weighted by molar-refractivity contribution is -0.133. The van der Waals surface area contributed by atoms with Gasteiger partial charge in [0, 0.05) is 33.0 Å². The Morgan fingerprint density at radius 3 is 2.79 bits per heavy atom. The number of hydrogen-bond donors (Lipinski definition) is 0. The SMILES string of the molecule is CN(C)c1nccnc1OC1CCCN(C(=O)Cc2cccc3ccccc23)C1. The Morgan fingerprint density at radius 2 is 1.93 bits per heavy atom. The molecule has 1 amide bonds. The van der Waals surface area contributed by atoms with Gasteiger partial charge in [0.1, 0.15) is 6.10 Å². The summed E-state index contributed by atoms with van der Waals surface area (Å²) in [5, 5.41) is 2.31. The minimum Gasteiger partial charge on any atom is -0.470 e. The van der Waals surface area contributed by atoms with E-state index in [-0.39, 0.29) is 12.0 Å². The molecule has 6 nitrogen and oxygen atoms in total. The van der Waals surface area contributed by atoms with Crippen LogP contribution in [0.4, 0.5) is 5.82 Å². The maximum Gasteiger partial charge on any atom is 0.257 e. The van der Waals surface area contributed by atoms with Crippen molar-refractivity contribution in [2.75, 3.05) is 32.1 Å². The highest BCUT2D eigenvalue weighted by molar-refractivity contribution is 5.90. The van der Waals surface area contributed by atoms with E-state index in [2.05, 4.69) is 28.2 Å². The molecule has 29 heavy (non-hydrogen) atoms. The summed E-state index contributed by atoms with van der Waals surface area (Å²) in [4.78, 5) is 25.5. The van der Waals surface area contributed by atoms with Gasteiger partial charge in [0.2, 0.25) is 5.91 Å². The van der Waals surface area contributed by atoms with Crippen LogP contribution in [-0.2, 0) is 11.2 Å². The first-order valence-electron chi connectivity index (χ1n) is 10.0. The van der Waals surface area contributed by atoms with Crippen molar-refractivity contribution in [3.63, 3.8) is 0 Å². The summed E-state index contributed by atoms with van der Waals surface area (Å²) in [6.45, 7) is 1.34. The Morgan fingerprint density at radius 1 is 1.14 bits per heavy atom. The smallest absolute Gasteiger partial charge is 0.257 e. The van der Waals surface area contributed by atoms with Crippen LogP contribution in [0.15, 0.2) is 54.9 Å². The molecule has 1 aromatic heterocycles. The van der Waals surface area contributed by atoms with Gasteiger partial charge in [0.15, 0.2) is 5.82 Å². The van der Waals surface area contributed by atoms with Crippen molar-refractivity contribution in [1.82, 2.24) is 14.9 Å². The minimum absolute atomic E-state index is 0.0735. The number of benzene rings is 2. The number of fused-ring (bicyclic) bond motifs is 1. The molecule has 0 bridgehead atoms. The van der Waals surface area contributed by atoms with E-state index in [0.717, 1.165) is 35.7 Å². The van der Waals surface area contributed by atoms with Crippen molar-refractivity contribution >= 4 is 22.5 Å². The number of piperidine rings is 1. The molecule has 3 aromatic rings. The van der Waals surface area contributed by atoms with E-state index in [1.165, 1.54) is 0 Å². The van der Waals surface area contributed by atoms with Crippen LogP contribution in [0.5, 0.6) is 5.88 Å². The van der Waals surface area contributed by atoms with Gasteiger partial charge in [-0.3, -0.25) is 4.79 Å². The summed E-state index contributed by atoms with van der Waals surface area (Å²) in [5.74, 6) is 1.36. The molecular weight excluding hydrogens is 364 g/mol. The average Bonchev–Trinajstić information content (AvgIpc) is 2.74. The minimum atomic E-state index is -0.0735. The zero-order valence-electron chi connectivity index (χ0n) is 16.9. The topological polar surface area (TPSA) is 58.6 Å². The van der Waals surface area contributed by atoms with Gasteiger partial charge >= 0.3 is 0 Å². The summed E-state index contributed by atoms with van der Waals surface area (Å²) in [6.07, 6.45) is 5.45. The largest absolute Gasteiger partial charge is 0.470 e. The highest BCUT2D eigenvalue weighted by Gasteiger charge is 2.26. The molecule has 0 radical (unpaired) electrons. The monoisotopic (exact) mass is 390 g/mol. The summed E-state index contributed by atoms with van der Waals surface area (Å²) in [5.41, 5.74) is 1.07. The molecule has 1 fully saturated rings. The van der Waals surface area contributed by atoms with Crippen molar-refractivity contribution in [1.29, 1.82) is 0 Å². The van der Waals surface area contributed by atoms with E-state index in [4.69, 9.17) is 4.74 Å². The van der Waals surface area contributed by atoms with E-state index >= 15 is 0 Å². The molecule has 150 valence electrons. The van der Waals surface area contributed by atoms with Gasteiger partial charge in [-0.25, -0.2) is 9.97 Å². The third-order valence-corrected chi connectivity index (χ3v) is 5.30. The number of ether oxygens (including phenoxy) is 1. The first-order valence-corrected chi connectivity index (χ1v) is 10.0. The number of amides is 1. The molecule has 6 heteroatoms. The quantitative estimate of drug-likeness (QED) is 0.669. The fraction of sp³-hybridized carbons (Fsp3) is 0.348. The third kappa shape index (κ3) is 4.31. The van der Waals surface area contributed by atoms with Gasteiger partial charge < -0.3 is 14.5 Å². The molecule has 0 aliphatic carbocycles. The van der Waals surface area contributed by atoms with Crippen molar-refractivity contribution in [2.45, 2.75) is 25.4 Å². The number of nitrogens with zero attached hydrogens (tertiary/aromatic N) is 4. The summed E-state index contributed by atoms with van der Waals surface area (Å²) < 4.78 is 6.14. The molecule has 0 N–H and O–H groups in total. The zero-order chi connectivity index (χ0) is 20.2. The highest BCUT2D eigenvalue weighted by Crippen LogP contribution is 2.25. The number of carbonyl (C=O) groups is 1. The normalized spacial score (nSPS) is 16.6. The van der Waals surface area contributed by atoms with Crippen LogP contribution in [0.2, 0.25) is 0 Å². The van der Waals surface area contributed by atoms with Crippen LogP contribution in [0.1, 0.15) is 18.4 Å².